The molecule has 148 valence electrons. The van der Waals surface area contributed by atoms with E-state index in [0.717, 1.165) is 24.9 Å². The van der Waals surface area contributed by atoms with Crippen molar-refractivity contribution < 1.29 is 18.8 Å². The molecule has 1 fully saturated rings. The third kappa shape index (κ3) is 4.07. The Morgan fingerprint density at radius 3 is 3.00 bits per heavy atom. The molecule has 0 radical (unpaired) electrons. The molecule has 1 aromatic heterocycles. The number of aromatic nitrogens is 1. The number of piperidine rings is 1. The highest BCUT2D eigenvalue weighted by Gasteiger charge is 2.35. The van der Waals surface area contributed by atoms with E-state index in [-0.39, 0.29) is 23.7 Å². The highest BCUT2D eigenvalue weighted by atomic mass is 35.5. The monoisotopic (exact) mass is 402 g/mol. The fourth-order valence-corrected chi connectivity index (χ4v) is 4.21. The molecule has 2 aromatic rings. The van der Waals surface area contributed by atoms with Crippen LogP contribution in [0.5, 0.6) is 5.75 Å². The first-order valence-corrected chi connectivity index (χ1v) is 10.1. The van der Waals surface area contributed by atoms with Crippen molar-refractivity contribution in [1.82, 2.24) is 10.1 Å². The summed E-state index contributed by atoms with van der Waals surface area (Å²) in [4.78, 5) is 27.1. The number of rotatable bonds is 4. The van der Waals surface area contributed by atoms with E-state index in [1.807, 2.05) is 30.0 Å². The SMILES string of the molecule is Cc1ccc2c(c1)C(=O)CC(C1CCCN(C(=O)CCc3cc(Cl)no3)C1)O2. The number of halogens is 1. The Morgan fingerprint density at radius 2 is 2.21 bits per heavy atom. The molecule has 2 aliphatic rings. The topological polar surface area (TPSA) is 72.6 Å². The van der Waals surface area contributed by atoms with Crippen LogP contribution in [-0.2, 0) is 11.2 Å². The highest BCUT2D eigenvalue weighted by Crippen LogP contribution is 2.34. The van der Waals surface area contributed by atoms with Crippen molar-refractivity contribution in [3.05, 3.63) is 46.3 Å². The first-order valence-electron chi connectivity index (χ1n) is 9.69. The van der Waals surface area contributed by atoms with Crippen LogP contribution in [0.3, 0.4) is 0 Å². The average molecular weight is 403 g/mol. The summed E-state index contributed by atoms with van der Waals surface area (Å²) in [7, 11) is 0. The number of nitrogens with zero attached hydrogens (tertiary/aromatic N) is 2. The number of likely N-dealkylation sites (tertiary alicyclic amines) is 1. The smallest absolute Gasteiger partial charge is 0.223 e. The molecule has 1 amide bonds. The molecule has 6 nitrogen and oxygen atoms in total. The van der Waals surface area contributed by atoms with Gasteiger partial charge in [-0.15, -0.1) is 0 Å². The zero-order valence-electron chi connectivity index (χ0n) is 15.8. The number of fused-ring (bicyclic) bond motifs is 1. The first-order chi connectivity index (χ1) is 13.5. The average Bonchev–Trinajstić information content (AvgIpc) is 3.12. The molecule has 2 unspecified atom stereocenters. The van der Waals surface area contributed by atoms with Gasteiger partial charge in [0.1, 0.15) is 17.6 Å². The summed E-state index contributed by atoms with van der Waals surface area (Å²) in [6.07, 6.45) is 2.90. The third-order valence-corrected chi connectivity index (χ3v) is 5.73. The van der Waals surface area contributed by atoms with Crippen LogP contribution in [0.1, 0.15) is 47.4 Å². The summed E-state index contributed by atoms with van der Waals surface area (Å²) < 4.78 is 11.2. The molecule has 1 saturated heterocycles. The highest BCUT2D eigenvalue weighted by molar-refractivity contribution is 6.29. The van der Waals surface area contributed by atoms with Gasteiger partial charge in [0.2, 0.25) is 5.91 Å². The molecule has 7 heteroatoms. The molecule has 3 heterocycles. The van der Waals surface area contributed by atoms with Crippen molar-refractivity contribution in [2.75, 3.05) is 13.1 Å². The van der Waals surface area contributed by atoms with Crippen LogP contribution in [0.4, 0.5) is 0 Å². The van der Waals surface area contributed by atoms with Crippen LogP contribution in [0.25, 0.3) is 0 Å². The second-order valence-electron chi connectivity index (χ2n) is 7.64. The first kappa shape index (κ1) is 19.0. The third-order valence-electron chi connectivity index (χ3n) is 5.55. The Kier molecular flexibility index (Phi) is 5.40. The molecule has 0 N–H and O–H groups in total. The summed E-state index contributed by atoms with van der Waals surface area (Å²) in [5.74, 6) is 1.64. The summed E-state index contributed by atoms with van der Waals surface area (Å²) >= 11 is 5.74. The van der Waals surface area contributed by atoms with Crippen LogP contribution >= 0.6 is 11.6 Å². The molecule has 2 atom stereocenters. The van der Waals surface area contributed by atoms with Gasteiger partial charge in [0, 0.05) is 44.3 Å². The largest absolute Gasteiger partial charge is 0.489 e. The number of carbonyl (C=O) groups is 2. The summed E-state index contributed by atoms with van der Waals surface area (Å²) in [5.41, 5.74) is 1.72. The zero-order chi connectivity index (χ0) is 19.7. The number of benzene rings is 1. The number of carbonyl (C=O) groups excluding carboxylic acids is 2. The number of Topliss-reactive ketones (excluding diaryl/α,β-unsaturated/α-hetero) is 1. The van der Waals surface area contributed by atoms with Crippen LogP contribution < -0.4 is 4.74 Å². The van der Waals surface area contributed by atoms with Gasteiger partial charge in [-0.1, -0.05) is 28.4 Å². The maximum Gasteiger partial charge on any atom is 0.223 e. The fraction of sp³-hybridized carbons (Fsp3) is 0.476. The van der Waals surface area contributed by atoms with Gasteiger partial charge >= 0.3 is 0 Å². The van der Waals surface area contributed by atoms with E-state index in [2.05, 4.69) is 5.16 Å². The number of amides is 1. The van der Waals surface area contributed by atoms with E-state index in [1.165, 1.54) is 0 Å². The van der Waals surface area contributed by atoms with Gasteiger partial charge in [0.15, 0.2) is 10.9 Å². The van der Waals surface area contributed by atoms with Gasteiger partial charge in [-0.2, -0.15) is 0 Å². The van der Waals surface area contributed by atoms with Crippen molar-refractivity contribution in [1.29, 1.82) is 0 Å². The number of aryl methyl sites for hydroxylation is 2. The van der Waals surface area contributed by atoms with Gasteiger partial charge in [-0.05, 0) is 31.9 Å². The van der Waals surface area contributed by atoms with Gasteiger partial charge in [-0.25, -0.2) is 0 Å². The lowest BCUT2D eigenvalue weighted by atomic mass is 9.86. The van der Waals surface area contributed by atoms with Gasteiger partial charge in [-0.3, -0.25) is 9.59 Å². The van der Waals surface area contributed by atoms with Crippen LogP contribution in [-0.4, -0.2) is 40.9 Å². The lowest BCUT2D eigenvalue weighted by Crippen LogP contribution is -2.46. The summed E-state index contributed by atoms with van der Waals surface area (Å²) in [5, 5.41) is 3.93. The minimum Gasteiger partial charge on any atom is -0.489 e. The van der Waals surface area contributed by atoms with Crippen molar-refractivity contribution in [3.63, 3.8) is 0 Å². The molecule has 0 bridgehead atoms. The maximum atomic E-state index is 12.6. The second-order valence-corrected chi connectivity index (χ2v) is 8.03. The fourth-order valence-electron chi connectivity index (χ4n) is 4.06. The van der Waals surface area contributed by atoms with E-state index >= 15 is 0 Å². The van der Waals surface area contributed by atoms with E-state index in [4.69, 9.17) is 20.9 Å². The van der Waals surface area contributed by atoms with Crippen molar-refractivity contribution in [2.24, 2.45) is 5.92 Å². The predicted octanol–water partition coefficient (Wildman–Crippen LogP) is 3.84. The number of ether oxygens (including phenoxy) is 1. The number of hydrogen-bond donors (Lipinski definition) is 0. The number of hydrogen-bond acceptors (Lipinski definition) is 5. The standard InChI is InChI=1S/C21H23ClN2O4/c1-13-4-6-18-16(9-13)17(25)11-19(27-18)14-3-2-8-24(12-14)21(26)7-5-15-10-20(22)23-28-15/h4,6,9-10,14,19H,2-3,5,7-8,11-12H2,1H3. The van der Waals surface area contributed by atoms with Gasteiger partial charge in [0.25, 0.3) is 0 Å². The Bertz CT molecular complexity index is 894. The van der Waals surface area contributed by atoms with Crippen molar-refractivity contribution in [2.45, 2.75) is 45.1 Å². The summed E-state index contributed by atoms with van der Waals surface area (Å²) in [6.45, 7) is 3.33. The Balaban J connectivity index is 1.37. The van der Waals surface area contributed by atoms with E-state index in [1.54, 1.807) is 6.07 Å². The van der Waals surface area contributed by atoms with E-state index < -0.39 is 0 Å². The van der Waals surface area contributed by atoms with Gasteiger partial charge < -0.3 is 14.2 Å². The van der Waals surface area contributed by atoms with Crippen LogP contribution in [0, 0.1) is 12.8 Å². The molecule has 0 aliphatic carbocycles. The van der Waals surface area contributed by atoms with E-state index in [0.29, 0.717) is 48.0 Å². The molecule has 4 rings (SSSR count). The Labute approximate surface area is 168 Å². The normalized spacial score (nSPS) is 21.9. The van der Waals surface area contributed by atoms with E-state index in [9.17, 15) is 9.59 Å². The van der Waals surface area contributed by atoms with Gasteiger partial charge in [0.05, 0.1) is 5.56 Å². The molecule has 28 heavy (non-hydrogen) atoms. The van der Waals surface area contributed by atoms with Crippen LogP contribution in [0.15, 0.2) is 28.8 Å². The predicted molar refractivity (Wildman–Crippen MR) is 104 cm³/mol. The van der Waals surface area contributed by atoms with Crippen molar-refractivity contribution in [3.8, 4) is 5.75 Å². The minimum absolute atomic E-state index is 0.0791. The second kappa shape index (κ2) is 7.95. The lowest BCUT2D eigenvalue weighted by molar-refractivity contribution is -0.133. The molecule has 1 aromatic carbocycles. The molecular weight excluding hydrogens is 380 g/mol. The Hall–Kier alpha value is -2.34. The molecule has 0 spiro atoms. The molecule has 2 aliphatic heterocycles. The van der Waals surface area contributed by atoms with Crippen LogP contribution in [0.2, 0.25) is 5.15 Å². The number of ketones is 1. The zero-order valence-corrected chi connectivity index (χ0v) is 16.6. The minimum atomic E-state index is -0.175. The Morgan fingerprint density at radius 1 is 1.36 bits per heavy atom. The molecular formula is C21H23ClN2O4. The molecule has 0 saturated carbocycles. The lowest BCUT2D eigenvalue weighted by Gasteiger charge is -2.38. The maximum absolute atomic E-state index is 12.6. The summed E-state index contributed by atoms with van der Waals surface area (Å²) in [6, 6.07) is 7.36. The quantitative estimate of drug-likeness (QED) is 0.776. The van der Waals surface area contributed by atoms with Crippen molar-refractivity contribution >= 4 is 23.3 Å².